The Labute approximate surface area is 180 Å². The van der Waals surface area contributed by atoms with Crippen molar-refractivity contribution in [3.05, 3.63) is 95.4 Å². The Morgan fingerprint density at radius 1 is 0.806 bits per heavy atom. The third-order valence-electron chi connectivity index (χ3n) is 5.16. The van der Waals surface area contributed by atoms with Gasteiger partial charge in [0.05, 0.1) is 11.3 Å². The molecule has 1 aliphatic rings. The first-order chi connectivity index (χ1) is 14.8. The van der Waals surface area contributed by atoms with Crippen LogP contribution in [0.1, 0.15) is 11.1 Å². The summed E-state index contributed by atoms with van der Waals surface area (Å²) in [7, 11) is 3.84. The average Bonchev–Trinajstić information content (AvgIpc) is 3.00. The summed E-state index contributed by atoms with van der Waals surface area (Å²) in [6, 6.07) is 20.3. The fourth-order valence-corrected chi connectivity index (χ4v) is 3.45. The Balaban J connectivity index is 1.77. The van der Waals surface area contributed by atoms with Crippen LogP contribution in [0.3, 0.4) is 0 Å². The number of carbonyl (C=O) groups is 2. The van der Waals surface area contributed by atoms with E-state index in [0.29, 0.717) is 16.9 Å². The first kappa shape index (κ1) is 20.3. The summed E-state index contributed by atoms with van der Waals surface area (Å²) in [4.78, 5) is 29.9. The molecule has 31 heavy (non-hydrogen) atoms. The average molecular weight is 415 g/mol. The van der Waals surface area contributed by atoms with Gasteiger partial charge in [0, 0.05) is 25.5 Å². The molecule has 3 aromatic rings. The zero-order valence-corrected chi connectivity index (χ0v) is 17.5. The number of amides is 2. The number of benzene rings is 3. The van der Waals surface area contributed by atoms with Gasteiger partial charge in [-0.1, -0.05) is 29.8 Å². The maximum atomic E-state index is 13.4. The van der Waals surface area contributed by atoms with Crippen LogP contribution < -0.4 is 15.1 Å². The standard InChI is InChI=1S/C25H22FN3O2/c1-16-4-6-17(7-5-16)22-23(27-19-10-8-18(26)9-11-19)25(31)29(24(22)30)21-14-12-20(13-15-21)28(2)3/h4-15,27H,1-3H3. The smallest absolute Gasteiger partial charge is 0.282 e. The summed E-state index contributed by atoms with van der Waals surface area (Å²) in [6.45, 7) is 1.95. The normalized spacial score (nSPS) is 13.7. The predicted octanol–water partition coefficient (Wildman–Crippen LogP) is 4.60. The van der Waals surface area contributed by atoms with Gasteiger partial charge in [-0.05, 0) is 61.0 Å². The highest BCUT2D eigenvalue weighted by molar-refractivity contribution is 6.46. The van der Waals surface area contributed by atoms with Crippen molar-refractivity contribution in [3.63, 3.8) is 0 Å². The fraction of sp³-hybridized carbons (Fsp3) is 0.120. The fourth-order valence-electron chi connectivity index (χ4n) is 3.45. The summed E-state index contributed by atoms with van der Waals surface area (Å²) in [5.41, 5.74) is 4.10. The lowest BCUT2D eigenvalue weighted by atomic mass is 10.0. The van der Waals surface area contributed by atoms with Crippen molar-refractivity contribution < 1.29 is 14.0 Å². The molecule has 3 aromatic carbocycles. The van der Waals surface area contributed by atoms with Gasteiger partial charge in [-0.25, -0.2) is 9.29 Å². The van der Waals surface area contributed by atoms with Gasteiger partial charge in [0.15, 0.2) is 0 Å². The van der Waals surface area contributed by atoms with Gasteiger partial charge < -0.3 is 10.2 Å². The van der Waals surface area contributed by atoms with Crippen molar-refractivity contribution in [2.24, 2.45) is 0 Å². The van der Waals surface area contributed by atoms with E-state index in [1.807, 2.05) is 62.3 Å². The van der Waals surface area contributed by atoms with Crippen molar-refractivity contribution in [2.45, 2.75) is 6.92 Å². The molecule has 2 amide bonds. The number of anilines is 3. The second-order valence-electron chi connectivity index (χ2n) is 7.60. The van der Waals surface area contributed by atoms with Gasteiger partial charge in [0.1, 0.15) is 11.5 Å². The van der Waals surface area contributed by atoms with Gasteiger partial charge >= 0.3 is 0 Å². The van der Waals surface area contributed by atoms with Crippen LogP contribution in [0.15, 0.2) is 78.5 Å². The van der Waals surface area contributed by atoms with Crippen molar-refractivity contribution in [1.82, 2.24) is 0 Å². The Hall–Kier alpha value is -3.93. The number of hydrogen-bond acceptors (Lipinski definition) is 4. The van der Waals surface area contributed by atoms with E-state index in [0.717, 1.165) is 11.3 Å². The first-order valence-electron chi connectivity index (χ1n) is 9.85. The first-order valence-corrected chi connectivity index (χ1v) is 9.85. The maximum absolute atomic E-state index is 13.4. The minimum absolute atomic E-state index is 0.164. The molecule has 0 unspecified atom stereocenters. The molecule has 0 spiro atoms. The van der Waals surface area contributed by atoms with Crippen molar-refractivity contribution in [3.8, 4) is 0 Å². The monoisotopic (exact) mass is 415 g/mol. The van der Waals surface area contributed by atoms with Gasteiger partial charge in [0.2, 0.25) is 0 Å². The molecule has 0 radical (unpaired) electrons. The van der Waals surface area contributed by atoms with E-state index in [1.165, 1.54) is 29.2 Å². The summed E-state index contributed by atoms with van der Waals surface area (Å²) >= 11 is 0. The Morgan fingerprint density at radius 2 is 1.42 bits per heavy atom. The highest BCUT2D eigenvalue weighted by Gasteiger charge is 2.40. The van der Waals surface area contributed by atoms with Crippen molar-refractivity contribution in [1.29, 1.82) is 0 Å². The summed E-state index contributed by atoms with van der Waals surface area (Å²) < 4.78 is 13.3. The zero-order valence-electron chi connectivity index (χ0n) is 17.5. The van der Waals surface area contributed by atoms with Crippen molar-refractivity contribution >= 4 is 34.4 Å². The maximum Gasteiger partial charge on any atom is 0.282 e. The molecule has 0 bridgehead atoms. The van der Waals surface area contributed by atoms with Gasteiger partial charge in [-0.2, -0.15) is 0 Å². The molecule has 4 rings (SSSR count). The molecule has 1 aliphatic heterocycles. The van der Waals surface area contributed by atoms with Crippen LogP contribution in [0.2, 0.25) is 0 Å². The second-order valence-corrected chi connectivity index (χ2v) is 7.60. The second kappa shape index (κ2) is 8.07. The number of aryl methyl sites for hydroxylation is 1. The molecular weight excluding hydrogens is 393 g/mol. The molecule has 0 aromatic heterocycles. The largest absolute Gasteiger partial charge is 0.378 e. The Morgan fingerprint density at radius 3 is 2.00 bits per heavy atom. The Kier molecular flexibility index (Phi) is 5.29. The number of nitrogens with one attached hydrogen (secondary N) is 1. The Bertz CT molecular complexity index is 1160. The van der Waals surface area contributed by atoms with Crippen LogP contribution in [0.5, 0.6) is 0 Å². The van der Waals surface area contributed by atoms with Crippen LogP contribution in [0, 0.1) is 12.7 Å². The van der Waals surface area contributed by atoms with Gasteiger partial charge in [-0.15, -0.1) is 0 Å². The lowest BCUT2D eigenvalue weighted by molar-refractivity contribution is -0.120. The number of imide groups is 1. The van der Waals surface area contributed by atoms with E-state index >= 15 is 0 Å². The summed E-state index contributed by atoms with van der Waals surface area (Å²) in [6.07, 6.45) is 0. The summed E-state index contributed by atoms with van der Waals surface area (Å²) in [5.74, 6) is -1.24. The topological polar surface area (TPSA) is 52.7 Å². The van der Waals surface area contributed by atoms with Crippen LogP contribution >= 0.6 is 0 Å². The molecule has 0 atom stereocenters. The number of rotatable bonds is 5. The van der Waals surface area contributed by atoms with E-state index < -0.39 is 11.8 Å². The third-order valence-corrected chi connectivity index (χ3v) is 5.16. The predicted molar refractivity (Wildman–Crippen MR) is 121 cm³/mol. The van der Waals surface area contributed by atoms with Crippen LogP contribution in [-0.4, -0.2) is 25.9 Å². The molecule has 6 heteroatoms. The zero-order chi connectivity index (χ0) is 22.1. The highest BCUT2D eigenvalue weighted by atomic mass is 19.1. The van der Waals surface area contributed by atoms with Gasteiger partial charge in [0.25, 0.3) is 11.8 Å². The molecule has 0 saturated carbocycles. The van der Waals surface area contributed by atoms with E-state index in [1.54, 1.807) is 12.1 Å². The van der Waals surface area contributed by atoms with Crippen LogP contribution in [0.4, 0.5) is 21.5 Å². The molecule has 0 aliphatic carbocycles. The summed E-state index contributed by atoms with van der Waals surface area (Å²) in [5, 5.41) is 3.03. The lowest BCUT2D eigenvalue weighted by Gasteiger charge is -2.18. The third kappa shape index (κ3) is 3.92. The van der Waals surface area contributed by atoms with Gasteiger partial charge in [-0.3, -0.25) is 9.59 Å². The van der Waals surface area contributed by atoms with E-state index in [4.69, 9.17) is 0 Å². The quantitative estimate of drug-likeness (QED) is 0.619. The molecule has 0 fully saturated rings. The van der Waals surface area contributed by atoms with Crippen LogP contribution in [-0.2, 0) is 9.59 Å². The molecule has 1 heterocycles. The molecule has 1 N–H and O–H groups in total. The molecule has 156 valence electrons. The molecule has 5 nitrogen and oxygen atoms in total. The van der Waals surface area contributed by atoms with E-state index in [2.05, 4.69) is 5.32 Å². The highest BCUT2D eigenvalue weighted by Crippen LogP contribution is 2.34. The van der Waals surface area contributed by atoms with Crippen molar-refractivity contribution in [2.75, 3.05) is 29.2 Å². The van der Waals surface area contributed by atoms with E-state index in [9.17, 15) is 14.0 Å². The minimum atomic E-state index is -0.456. The van der Waals surface area contributed by atoms with E-state index in [-0.39, 0.29) is 17.1 Å². The number of hydrogen-bond donors (Lipinski definition) is 1. The van der Waals surface area contributed by atoms with Crippen LogP contribution in [0.25, 0.3) is 5.57 Å². The lowest BCUT2D eigenvalue weighted by Crippen LogP contribution is -2.32. The SMILES string of the molecule is Cc1ccc(C2=C(Nc3ccc(F)cc3)C(=O)N(c3ccc(N(C)C)cc3)C2=O)cc1. The number of carbonyl (C=O) groups excluding carboxylic acids is 2. The number of halogens is 1. The minimum Gasteiger partial charge on any atom is -0.378 e. The molecular formula is C25H22FN3O2. The molecule has 0 saturated heterocycles. The number of nitrogens with zero attached hydrogens (tertiary/aromatic N) is 2.